The summed E-state index contributed by atoms with van der Waals surface area (Å²) in [5.41, 5.74) is 0.848. The van der Waals surface area contributed by atoms with Crippen molar-refractivity contribution >= 4 is 11.6 Å². The monoisotopic (exact) mass is 353 g/mol. The molecule has 2 aromatic heterocycles. The molecule has 0 bridgehead atoms. The normalized spacial score (nSPS) is 10.3. The van der Waals surface area contributed by atoms with Crippen molar-refractivity contribution in [2.24, 2.45) is 0 Å². The number of nitrogens with one attached hydrogen (secondary N) is 1. The molecule has 0 aliphatic rings. The summed E-state index contributed by atoms with van der Waals surface area (Å²) in [6, 6.07) is 9.19. The van der Waals surface area contributed by atoms with Gasteiger partial charge in [-0.3, -0.25) is 19.5 Å². The molecule has 1 N–H and O–H groups in total. The van der Waals surface area contributed by atoms with Crippen LogP contribution in [0.15, 0.2) is 61.3 Å². The molecule has 2 heterocycles. The first-order valence-electron chi connectivity index (χ1n) is 7.69. The Morgan fingerprint density at radius 3 is 2.73 bits per heavy atom. The lowest BCUT2D eigenvalue weighted by Crippen LogP contribution is -2.28. The minimum Gasteiger partial charge on any atom is -0.484 e. The summed E-state index contributed by atoms with van der Waals surface area (Å²) in [5.74, 6) is 0.790. The average Bonchev–Trinajstić information content (AvgIpc) is 3.20. The Kier molecular flexibility index (Phi) is 5.18. The van der Waals surface area contributed by atoms with E-state index in [4.69, 9.17) is 4.74 Å². The van der Waals surface area contributed by atoms with Gasteiger partial charge in [0.15, 0.2) is 6.61 Å². The molecule has 3 rings (SSSR count). The van der Waals surface area contributed by atoms with E-state index < -0.39 is 4.92 Å². The molecule has 1 amide bonds. The van der Waals surface area contributed by atoms with Crippen LogP contribution < -0.4 is 10.1 Å². The van der Waals surface area contributed by atoms with E-state index in [2.05, 4.69) is 15.3 Å². The van der Waals surface area contributed by atoms with Crippen LogP contribution in [0.4, 0.5) is 5.69 Å². The Morgan fingerprint density at radius 1 is 1.23 bits per heavy atom. The smallest absolute Gasteiger partial charge is 0.269 e. The van der Waals surface area contributed by atoms with Crippen LogP contribution >= 0.6 is 0 Å². The van der Waals surface area contributed by atoms with E-state index in [1.807, 2.05) is 6.07 Å². The summed E-state index contributed by atoms with van der Waals surface area (Å²) in [7, 11) is 0. The predicted octanol–water partition coefficient (Wildman–Crippen LogP) is 1.87. The molecule has 1 aromatic carbocycles. The first kappa shape index (κ1) is 17.1. The van der Waals surface area contributed by atoms with E-state index in [1.54, 1.807) is 35.6 Å². The lowest BCUT2D eigenvalue weighted by Gasteiger charge is -2.08. The van der Waals surface area contributed by atoms with Crippen molar-refractivity contribution < 1.29 is 14.5 Å². The van der Waals surface area contributed by atoms with Gasteiger partial charge in [-0.25, -0.2) is 9.97 Å². The zero-order chi connectivity index (χ0) is 18.4. The summed E-state index contributed by atoms with van der Waals surface area (Å²) in [6.45, 7) is 0.143. The number of aromatic nitrogens is 3. The highest BCUT2D eigenvalue weighted by atomic mass is 16.6. The van der Waals surface area contributed by atoms with Crippen molar-refractivity contribution in [3.05, 3.63) is 77.0 Å². The van der Waals surface area contributed by atoms with Crippen LogP contribution in [-0.4, -0.2) is 32.0 Å². The Labute approximate surface area is 148 Å². The minimum absolute atomic E-state index is 0.0341. The number of nitro groups is 1. The van der Waals surface area contributed by atoms with Gasteiger partial charge in [0, 0.05) is 37.3 Å². The zero-order valence-corrected chi connectivity index (χ0v) is 13.6. The lowest BCUT2D eigenvalue weighted by atomic mass is 10.2. The van der Waals surface area contributed by atoms with Gasteiger partial charge >= 0.3 is 0 Å². The standard InChI is InChI=1S/C17H15N5O4/c23-17(11-26-15-3-1-14(2-4-15)22(24)25)20-10-13-5-6-19-16(9-13)21-8-7-18-12-21/h1-9,12H,10-11H2,(H,20,23). The fourth-order valence-electron chi connectivity index (χ4n) is 2.17. The molecule has 0 saturated carbocycles. The van der Waals surface area contributed by atoms with Crippen molar-refractivity contribution in [2.45, 2.75) is 6.54 Å². The third-order valence-corrected chi connectivity index (χ3v) is 3.49. The molecule has 0 aliphatic carbocycles. The van der Waals surface area contributed by atoms with Crippen molar-refractivity contribution in [3.8, 4) is 11.6 Å². The average molecular weight is 353 g/mol. The Balaban J connectivity index is 1.50. The third-order valence-electron chi connectivity index (χ3n) is 3.49. The SMILES string of the molecule is O=C(COc1ccc([N+](=O)[O-])cc1)NCc1ccnc(-n2ccnc2)c1. The van der Waals surface area contributed by atoms with Crippen LogP contribution in [-0.2, 0) is 11.3 Å². The maximum atomic E-state index is 11.9. The van der Waals surface area contributed by atoms with Crippen LogP contribution in [0.1, 0.15) is 5.56 Å². The molecule has 9 heteroatoms. The van der Waals surface area contributed by atoms with Gasteiger partial charge in [0.2, 0.25) is 0 Å². The molecular formula is C17H15N5O4. The quantitative estimate of drug-likeness (QED) is 0.512. The van der Waals surface area contributed by atoms with Gasteiger partial charge in [-0.1, -0.05) is 0 Å². The van der Waals surface area contributed by atoms with Gasteiger partial charge in [-0.15, -0.1) is 0 Å². The van der Waals surface area contributed by atoms with Crippen LogP contribution in [0, 0.1) is 10.1 Å². The molecule has 132 valence electrons. The van der Waals surface area contributed by atoms with Crippen LogP contribution in [0.3, 0.4) is 0 Å². The molecule has 0 spiro atoms. The number of carbonyl (C=O) groups excluding carboxylic acids is 1. The van der Waals surface area contributed by atoms with Crippen molar-refractivity contribution in [2.75, 3.05) is 6.61 Å². The predicted molar refractivity (Wildman–Crippen MR) is 91.8 cm³/mol. The highest BCUT2D eigenvalue weighted by molar-refractivity contribution is 5.77. The molecular weight excluding hydrogens is 338 g/mol. The molecule has 3 aromatic rings. The Hall–Kier alpha value is -3.75. The number of imidazole rings is 1. The second kappa shape index (κ2) is 7.88. The topological polar surface area (TPSA) is 112 Å². The number of pyridine rings is 1. The summed E-state index contributed by atoms with van der Waals surface area (Å²) in [5, 5.41) is 13.3. The Morgan fingerprint density at radius 2 is 2.04 bits per heavy atom. The third kappa shape index (κ3) is 4.41. The fourth-order valence-corrected chi connectivity index (χ4v) is 2.17. The zero-order valence-electron chi connectivity index (χ0n) is 13.6. The van der Waals surface area contributed by atoms with E-state index >= 15 is 0 Å². The maximum Gasteiger partial charge on any atom is 0.269 e. The molecule has 0 unspecified atom stereocenters. The highest BCUT2D eigenvalue weighted by Crippen LogP contribution is 2.17. The summed E-state index contributed by atoms with van der Waals surface area (Å²) < 4.78 is 7.08. The van der Waals surface area contributed by atoms with Gasteiger partial charge in [-0.05, 0) is 29.8 Å². The van der Waals surface area contributed by atoms with Crippen LogP contribution in [0.5, 0.6) is 5.75 Å². The summed E-state index contributed by atoms with van der Waals surface area (Å²) in [6.07, 6.45) is 6.74. The number of hydrogen-bond donors (Lipinski definition) is 1. The first-order chi connectivity index (χ1) is 12.6. The Bertz CT molecular complexity index is 894. The number of hydrogen-bond acceptors (Lipinski definition) is 6. The van der Waals surface area contributed by atoms with E-state index in [0.29, 0.717) is 18.1 Å². The second-order valence-corrected chi connectivity index (χ2v) is 5.31. The number of nitro benzene ring substituents is 1. The molecule has 26 heavy (non-hydrogen) atoms. The minimum atomic E-state index is -0.497. The maximum absolute atomic E-state index is 11.9. The molecule has 0 saturated heterocycles. The first-order valence-corrected chi connectivity index (χ1v) is 7.69. The van der Waals surface area contributed by atoms with Crippen molar-refractivity contribution in [1.29, 1.82) is 0 Å². The number of ether oxygens (including phenoxy) is 1. The number of non-ortho nitro benzene ring substituents is 1. The molecule has 0 aliphatic heterocycles. The molecule has 0 atom stereocenters. The number of carbonyl (C=O) groups is 1. The van der Waals surface area contributed by atoms with E-state index in [-0.39, 0.29) is 18.2 Å². The number of rotatable bonds is 7. The van der Waals surface area contributed by atoms with Gasteiger partial charge in [0.25, 0.3) is 11.6 Å². The van der Waals surface area contributed by atoms with Gasteiger partial charge in [0.1, 0.15) is 17.9 Å². The summed E-state index contributed by atoms with van der Waals surface area (Å²) >= 11 is 0. The molecule has 0 radical (unpaired) electrons. The number of nitrogens with zero attached hydrogens (tertiary/aromatic N) is 4. The van der Waals surface area contributed by atoms with Crippen molar-refractivity contribution in [3.63, 3.8) is 0 Å². The highest BCUT2D eigenvalue weighted by Gasteiger charge is 2.07. The van der Waals surface area contributed by atoms with E-state index in [0.717, 1.165) is 5.56 Å². The van der Waals surface area contributed by atoms with Crippen LogP contribution in [0.2, 0.25) is 0 Å². The number of amides is 1. The van der Waals surface area contributed by atoms with Crippen molar-refractivity contribution in [1.82, 2.24) is 19.9 Å². The van der Waals surface area contributed by atoms with Gasteiger partial charge in [-0.2, -0.15) is 0 Å². The molecule has 9 nitrogen and oxygen atoms in total. The van der Waals surface area contributed by atoms with Gasteiger partial charge in [0.05, 0.1) is 4.92 Å². The van der Waals surface area contributed by atoms with E-state index in [9.17, 15) is 14.9 Å². The second-order valence-electron chi connectivity index (χ2n) is 5.31. The van der Waals surface area contributed by atoms with Crippen LogP contribution in [0.25, 0.3) is 5.82 Å². The lowest BCUT2D eigenvalue weighted by molar-refractivity contribution is -0.384. The molecule has 0 fully saturated rings. The largest absolute Gasteiger partial charge is 0.484 e. The fraction of sp³-hybridized carbons (Fsp3) is 0.118. The number of benzene rings is 1. The summed E-state index contributed by atoms with van der Waals surface area (Å²) in [4.78, 5) is 30.2. The van der Waals surface area contributed by atoms with Gasteiger partial charge < -0.3 is 10.1 Å². The van der Waals surface area contributed by atoms with E-state index in [1.165, 1.54) is 24.3 Å².